The van der Waals surface area contributed by atoms with E-state index in [1.54, 1.807) is 50.4 Å². The molecule has 0 aliphatic rings. The molecule has 0 saturated carbocycles. The Morgan fingerprint density at radius 3 is 2.44 bits per heavy atom. The highest BCUT2D eigenvalue weighted by Gasteiger charge is 2.23. The number of carbonyl (C=O) groups excluding carboxylic acids is 1. The van der Waals surface area contributed by atoms with Gasteiger partial charge in [0, 0.05) is 35.6 Å². The number of H-pyrrole nitrogens is 1. The number of amides is 1. The minimum Gasteiger partial charge on any atom is -0.497 e. The quantitative estimate of drug-likeness (QED) is 0.751. The molecule has 1 atom stereocenters. The molecule has 6 nitrogen and oxygen atoms in total. The van der Waals surface area contributed by atoms with Crippen molar-refractivity contribution < 1.29 is 14.3 Å². The maximum atomic E-state index is 13.1. The summed E-state index contributed by atoms with van der Waals surface area (Å²) in [6.45, 7) is 1.93. The summed E-state index contributed by atoms with van der Waals surface area (Å²) in [5, 5.41) is 1.12. The molecule has 3 rings (SSSR count). The summed E-state index contributed by atoms with van der Waals surface area (Å²) in [7, 11) is 4.91. The van der Waals surface area contributed by atoms with Crippen molar-refractivity contribution in [3.8, 4) is 11.5 Å². The molecule has 0 spiro atoms. The van der Waals surface area contributed by atoms with E-state index in [2.05, 4.69) is 4.98 Å². The molecule has 0 saturated heterocycles. The lowest BCUT2D eigenvalue weighted by Crippen LogP contribution is -2.30. The van der Waals surface area contributed by atoms with E-state index in [0.717, 1.165) is 5.56 Å². The Labute approximate surface area is 157 Å². The fourth-order valence-corrected chi connectivity index (χ4v) is 3.12. The number of aromatic amines is 1. The van der Waals surface area contributed by atoms with Gasteiger partial charge < -0.3 is 19.4 Å². The minimum atomic E-state index is -0.246. The predicted octanol–water partition coefficient (Wildman–Crippen LogP) is 3.38. The van der Waals surface area contributed by atoms with Gasteiger partial charge in [0.15, 0.2) is 0 Å². The first kappa shape index (κ1) is 18.5. The number of carbonyl (C=O) groups is 1. The Balaban J connectivity index is 1.99. The van der Waals surface area contributed by atoms with Crippen LogP contribution in [-0.4, -0.2) is 37.1 Å². The molecule has 3 aromatic rings. The molecular weight excluding hydrogens is 344 g/mol. The lowest BCUT2D eigenvalue weighted by atomic mass is 10.0. The van der Waals surface area contributed by atoms with E-state index in [9.17, 15) is 9.59 Å². The Morgan fingerprint density at radius 2 is 1.78 bits per heavy atom. The van der Waals surface area contributed by atoms with Crippen LogP contribution in [0.5, 0.6) is 11.5 Å². The summed E-state index contributed by atoms with van der Waals surface area (Å²) in [6, 6.07) is 12.3. The van der Waals surface area contributed by atoms with E-state index in [0.29, 0.717) is 27.8 Å². The van der Waals surface area contributed by atoms with Gasteiger partial charge in [0.1, 0.15) is 11.5 Å². The highest BCUT2D eigenvalue weighted by atomic mass is 16.5. The Morgan fingerprint density at radius 1 is 1.07 bits per heavy atom. The zero-order valence-corrected chi connectivity index (χ0v) is 15.8. The number of nitrogens with one attached hydrogen (secondary N) is 1. The number of methoxy groups -OCH3 is 2. The maximum Gasteiger partial charge on any atom is 0.256 e. The second-order valence-electron chi connectivity index (χ2n) is 6.28. The Bertz CT molecular complexity index is 1040. The molecule has 0 aliphatic heterocycles. The van der Waals surface area contributed by atoms with Crippen LogP contribution < -0.4 is 15.0 Å². The molecule has 1 heterocycles. The number of benzene rings is 2. The van der Waals surface area contributed by atoms with E-state index in [1.807, 2.05) is 25.1 Å². The number of rotatable bonds is 5. The van der Waals surface area contributed by atoms with Crippen LogP contribution >= 0.6 is 0 Å². The summed E-state index contributed by atoms with van der Waals surface area (Å²) in [6.07, 6.45) is 1.47. The Kier molecular flexibility index (Phi) is 5.16. The number of nitrogens with zero attached hydrogens (tertiary/aromatic N) is 1. The molecule has 27 heavy (non-hydrogen) atoms. The molecule has 0 fully saturated rings. The molecule has 1 amide bonds. The molecule has 6 heteroatoms. The van der Waals surface area contributed by atoms with E-state index >= 15 is 0 Å². The third-order valence-electron chi connectivity index (χ3n) is 4.83. The second-order valence-corrected chi connectivity index (χ2v) is 6.28. The van der Waals surface area contributed by atoms with E-state index < -0.39 is 0 Å². The average molecular weight is 366 g/mol. The van der Waals surface area contributed by atoms with Gasteiger partial charge in [-0.05, 0) is 25.1 Å². The van der Waals surface area contributed by atoms with Crippen molar-refractivity contribution in [1.82, 2.24) is 9.88 Å². The van der Waals surface area contributed by atoms with Crippen molar-refractivity contribution in [2.45, 2.75) is 13.0 Å². The van der Waals surface area contributed by atoms with Crippen LogP contribution in [0.25, 0.3) is 10.8 Å². The standard InChI is InChI=1S/C21H22N2O4/c1-13(15-10-9-14(26-3)11-19(15)27-4)23(2)21(25)18-12-22-20(24)17-8-6-5-7-16(17)18/h5-13H,1-4H3,(H,22,24)/t13-/m1/s1. The van der Waals surface area contributed by atoms with E-state index in [-0.39, 0.29) is 17.5 Å². The lowest BCUT2D eigenvalue weighted by molar-refractivity contribution is 0.0742. The monoisotopic (exact) mass is 366 g/mol. The molecule has 1 aromatic heterocycles. The van der Waals surface area contributed by atoms with Crippen LogP contribution in [0.3, 0.4) is 0 Å². The van der Waals surface area contributed by atoms with Gasteiger partial charge in [0.25, 0.3) is 11.5 Å². The van der Waals surface area contributed by atoms with Gasteiger partial charge in [-0.2, -0.15) is 0 Å². The lowest BCUT2D eigenvalue weighted by Gasteiger charge is -2.27. The SMILES string of the molecule is COc1ccc([C@@H](C)N(C)C(=O)c2c[nH]c(=O)c3ccccc23)c(OC)c1. The third kappa shape index (κ3) is 3.38. The van der Waals surface area contributed by atoms with Gasteiger partial charge in [-0.25, -0.2) is 0 Å². The number of hydrogen-bond acceptors (Lipinski definition) is 4. The number of ether oxygens (including phenoxy) is 2. The van der Waals surface area contributed by atoms with Gasteiger partial charge in [-0.15, -0.1) is 0 Å². The summed E-state index contributed by atoms with van der Waals surface area (Å²) < 4.78 is 10.7. The molecule has 0 radical (unpaired) electrons. The van der Waals surface area contributed by atoms with Crippen LogP contribution in [0.15, 0.2) is 53.5 Å². The topological polar surface area (TPSA) is 71.6 Å². The summed E-state index contributed by atoms with van der Waals surface area (Å²) in [5.74, 6) is 1.14. The fraction of sp³-hybridized carbons (Fsp3) is 0.238. The summed E-state index contributed by atoms with van der Waals surface area (Å²) >= 11 is 0. The van der Waals surface area contributed by atoms with Gasteiger partial charge in [0.05, 0.1) is 25.8 Å². The normalized spacial score (nSPS) is 11.9. The summed E-state index contributed by atoms with van der Waals surface area (Å²) in [4.78, 5) is 29.4. The number of fused-ring (bicyclic) bond motifs is 1. The zero-order valence-electron chi connectivity index (χ0n) is 15.8. The van der Waals surface area contributed by atoms with Crippen molar-refractivity contribution in [3.63, 3.8) is 0 Å². The van der Waals surface area contributed by atoms with Crippen LogP contribution in [0.1, 0.15) is 28.9 Å². The van der Waals surface area contributed by atoms with E-state index in [4.69, 9.17) is 9.47 Å². The predicted molar refractivity (Wildman–Crippen MR) is 105 cm³/mol. The molecule has 1 N–H and O–H groups in total. The third-order valence-corrected chi connectivity index (χ3v) is 4.83. The van der Waals surface area contributed by atoms with Crippen molar-refractivity contribution in [2.75, 3.05) is 21.3 Å². The second kappa shape index (κ2) is 7.53. The van der Waals surface area contributed by atoms with Gasteiger partial charge >= 0.3 is 0 Å². The number of hydrogen-bond donors (Lipinski definition) is 1. The van der Waals surface area contributed by atoms with Crippen LogP contribution in [0, 0.1) is 0 Å². The van der Waals surface area contributed by atoms with Gasteiger partial charge in [-0.1, -0.05) is 18.2 Å². The van der Waals surface area contributed by atoms with Crippen molar-refractivity contribution >= 4 is 16.7 Å². The highest BCUT2D eigenvalue weighted by molar-refractivity contribution is 6.06. The van der Waals surface area contributed by atoms with Crippen molar-refractivity contribution in [3.05, 3.63) is 70.1 Å². The largest absolute Gasteiger partial charge is 0.497 e. The molecular formula is C21H22N2O4. The van der Waals surface area contributed by atoms with Crippen LogP contribution in [0.4, 0.5) is 0 Å². The zero-order chi connectivity index (χ0) is 19.6. The molecule has 0 unspecified atom stereocenters. The number of pyridine rings is 1. The van der Waals surface area contributed by atoms with Crippen LogP contribution in [-0.2, 0) is 0 Å². The fourth-order valence-electron chi connectivity index (χ4n) is 3.12. The molecule has 140 valence electrons. The van der Waals surface area contributed by atoms with Crippen molar-refractivity contribution in [1.29, 1.82) is 0 Å². The van der Waals surface area contributed by atoms with Gasteiger partial charge in [-0.3, -0.25) is 9.59 Å². The Hall–Kier alpha value is -3.28. The van der Waals surface area contributed by atoms with Crippen LogP contribution in [0.2, 0.25) is 0 Å². The highest BCUT2D eigenvalue weighted by Crippen LogP contribution is 2.32. The smallest absolute Gasteiger partial charge is 0.256 e. The average Bonchev–Trinajstić information content (AvgIpc) is 2.72. The van der Waals surface area contributed by atoms with Crippen molar-refractivity contribution in [2.24, 2.45) is 0 Å². The minimum absolute atomic E-state index is 0.187. The first-order valence-corrected chi connectivity index (χ1v) is 8.57. The van der Waals surface area contributed by atoms with E-state index in [1.165, 1.54) is 6.20 Å². The summed E-state index contributed by atoms with van der Waals surface area (Å²) in [5.41, 5.74) is 1.10. The molecule has 0 bridgehead atoms. The van der Waals surface area contributed by atoms with Gasteiger partial charge in [0.2, 0.25) is 0 Å². The maximum absolute atomic E-state index is 13.1. The molecule has 0 aliphatic carbocycles. The first-order valence-electron chi connectivity index (χ1n) is 8.57. The molecule has 2 aromatic carbocycles. The first-order chi connectivity index (χ1) is 13.0. The number of aromatic nitrogens is 1.